The van der Waals surface area contributed by atoms with E-state index in [0.717, 1.165) is 41.2 Å². The van der Waals surface area contributed by atoms with E-state index in [-0.39, 0.29) is 6.03 Å². The summed E-state index contributed by atoms with van der Waals surface area (Å²) in [5.74, 6) is 0.860. The van der Waals surface area contributed by atoms with Gasteiger partial charge in [-0.3, -0.25) is 0 Å². The van der Waals surface area contributed by atoms with E-state index in [9.17, 15) is 4.79 Å². The Morgan fingerprint density at radius 1 is 1.15 bits per heavy atom. The van der Waals surface area contributed by atoms with Gasteiger partial charge in [-0.05, 0) is 30.3 Å². The van der Waals surface area contributed by atoms with Crippen LogP contribution in [0.2, 0.25) is 0 Å². The molecule has 0 bridgehead atoms. The van der Waals surface area contributed by atoms with Crippen LogP contribution in [-0.4, -0.2) is 54.2 Å². The molecule has 1 aromatic heterocycles. The summed E-state index contributed by atoms with van der Waals surface area (Å²) in [5.41, 5.74) is 3.62. The normalized spacial score (nSPS) is 14.5. The molecule has 1 fully saturated rings. The first-order valence-electron chi connectivity index (χ1n) is 8.61. The minimum absolute atomic E-state index is 0.0801. The number of nitrogens with one attached hydrogen (secondary N) is 2. The van der Waals surface area contributed by atoms with Gasteiger partial charge >= 0.3 is 6.03 Å². The summed E-state index contributed by atoms with van der Waals surface area (Å²) in [6, 6.07) is 13.5. The van der Waals surface area contributed by atoms with E-state index in [1.165, 1.54) is 0 Å². The van der Waals surface area contributed by atoms with Crippen molar-refractivity contribution in [1.82, 2.24) is 14.9 Å². The van der Waals surface area contributed by atoms with Crippen LogP contribution in [0.1, 0.15) is 0 Å². The Morgan fingerprint density at radius 3 is 2.77 bits per heavy atom. The van der Waals surface area contributed by atoms with E-state index in [2.05, 4.69) is 20.2 Å². The standard InChI is InChI=1S/C19H21N5O2/c1-26-18-5-3-2-4-17(18)23-8-10-24(11-9-23)19(25)22-14-6-7-15-16(12-14)21-13-20-15/h2-7,12-13H,8-11H2,1H3,(H,20,21)(H,22,25). The fraction of sp³-hybridized carbons (Fsp3) is 0.263. The molecule has 134 valence electrons. The molecule has 7 heteroatoms. The number of amides is 2. The summed E-state index contributed by atoms with van der Waals surface area (Å²) in [5, 5.41) is 2.97. The zero-order valence-corrected chi connectivity index (χ0v) is 14.6. The average molecular weight is 351 g/mol. The van der Waals surface area contributed by atoms with E-state index in [4.69, 9.17) is 4.74 Å². The van der Waals surface area contributed by atoms with Crippen molar-refractivity contribution in [2.45, 2.75) is 0 Å². The van der Waals surface area contributed by atoms with Crippen LogP contribution in [0, 0.1) is 0 Å². The van der Waals surface area contributed by atoms with Crippen LogP contribution in [0.3, 0.4) is 0 Å². The quantitative estimate of drug-likeness (QED) is 0.761. The first-order chi connectivity index (χ1) is 12.7. The second-order valence-corrected chi connectivity index (χ2v) is 6.21. The van der Waals surface area contributed by atoms with Crippen LogP contribution in [0.15, 0.2) is 48.8 Å². The summed E-state index contributed by atoms with van der Waals surface area (Å²) in [7, 11) is 1.68. The van der Waals surface area contributed by atoms with Crippen molar-refractivity contribution in [3.8, 4) is 5.75 Å². The van der Waals surface area contributed by atoms with Gasteiger partial charge < -0.3 is 24.8 Å². The first kappa shape index (κ1) is 16.3. The molecule has 1 aliphatic rings. The van der Waals surface area contributed by atoms with Gasteiger partial charge in [0.1, 0.15) is 5.75 Å². The lowest BCUT2D eigenvalue weighted by Crippen LogP contribution is -2.50. The number of hydrogen-bond donors (Lipinski definition) is 2. The zero-order valence-electron chi connectivity index (χ0n) is 14.6. The van der Waals surface area contributed by atoms with Crippen molar-refractivity contribution in [3.05, 3.63) is 48.8 Å². The molecule has 0 atom stereocenters. The lowest BCUT2D eigenvalue weighted by atomic mass is 10.2. The third kappa shape index (κ3) is 3.15. The van der Waals surface area contributed by atoms with Gasteiger partial charge in [0, 0.05) is 31.9 Å². The van der Waals surface area contributed by atoms with Gasteiger partial charge in [-0.2, -0.15) is 0 Å². The number of aromatic amines is 1. The van der Waals surface area contributed by atoms with Gasteiger partial charge in [-0.1, -0.05) is 12.1 Å². The number of piperazine rings is 1. The molecule has 1 aliphatic heterocycles. The zero-order chi connectivity index (χ0) is 17.9. The fourth-order valence-corrected chi connectivity index (χ4v) is 3.26. The largest absolute Gasteiger partial charge is 0.495 e. The first-order valence-corrected chi connectivity index (χ1v) is 8.61. The molecule has 7 nitrogen and oxygen atoms in total. The highest BCUT2D eigenvalue weighted by Gasteiger charge is 2.23. The number of H-pyrrole nitrogens is 1. The number of nitrogens with zero attached hydrogens (tertiary/aromatic N) is 3. The topological polar surface area (TPSA) is 73.5 Å². The van der Waals surface area contributed by atoms with Crippen LogP contribution in [-0.2, 0) is 0 Å². The predicted molar refractivity (Wildman–Crippen MR) is 102 cm³/mol. The molecule has 0 spiro atoms. The number of urea groups is 1. The Bertz CT molecular complexity index is 915. The van der Waals surface area contributed by atoms with Crippen molar-refractivity contribution in [2.75, 3.05) is 43.5 Å². The molecule has 0 saturated carbocycles. The van der Waals surface area contributed by atoms with Crippen molar-refractivity contribution >= 4 is 28.4 Å². The minimum atomic E-state index is -0.0801. The Morgan fingerprint density at radius 2 is 1.96 bits per heavy atom. The van der Waals surface area contributed by atoms with Gasteiger partial charge in [0.25, 0.3) is 0 Å². The van der Waals surface area contributed by atoms with Crippen molar-refractivity contribution < 1.29 is 9.53 Å². The predicted octanol–water partition coefficient (Wildman–Crippen LogP) is 2.93. The van der Waals surface area contributed by atoms with Gasteiger partial charge in [-0.15, -0.1) is 0 Å². The van der Waals surface area contributed by atoms with Gasteiger partial charge in [0.2, 0.25) is 0 Å². The number of hydrogen-bond acceptors (Lipinski definition) is 4. The second-order valence-electron chi connectivity index (χ2n) is 6.21. The monoisotopic (exact) mass is 351 g/mol. The van der Waals surface area contributed by atoms with Crippen molar-refractivity contribution in [3.63, 3.8) is 0 Å². The number of benzene rings is 2. The van der Waals surface area contributed by atoms with Crippen LogP contribution in [0.4, 0.5) is 16.2 Å². The molecule has 3 aromatic rings. The average Bonchev–Trinajstić information content (AvgIpc) is 3.16. The Balaban J connectivity index is 1.38. The third-order valence-electron chi connectivity index (χ3n) is 4.66. The highest BCUT2D eigenvalue weighted by atomic mass is 16.5. The number of carbonyl (C=O) groups excluding carboxylic acids is 1. The molecule has 2 aromatic carbocycles. The van der Waals surface area contributed by atoms with E-state index in [1.807, 2.05) is 47.4 Å². The lowest BCUT2D eigenvalue weighted by Gasteiger charge is -2.36. The van der Waals surface area contributed by atoms with E-state index in [1.54, 1.807) is 13.4 Å². The summed E-state index contributed by atoms with van der Waals surface area (Å²) in [6.07, 6.45) is 1.65. The Labute approximate surface area is 151 Å². The molecule has 26 heavy (non-hydrogen) atoms. The molecule has 0 unspecified atom stereocenters. The van der Waals surface area contributed by atoms with E-state index < -0.39 is 0 Å². The van der Waals surface area contributed by atoms with E-state index >= 15 is 0 Å². The van der Waals surface area contributed by atoms with Crippen molar-refractivity contribution in [1.29, 1.82) is 0 Å². The maximum absolute atomic E-state index is 12.6. The molecule has 0 radical (unpaired) electrons. The van der Waals surface area contributed by atoms with Crippen LogP contribution in [0.5, 0.6) is 5.75 Å². The number of aromatic nitrogens is 2. The number of para-hydroxylation sites is 2. The maximum atomic E-state index is 12.6. The second kappa shape index (κ2) is 6.95. The molecule has 2 amide bonds. The van der Waals surface area contributed by atoms with Crippen molar-refractivity contribution in [2.24, 2.45) is 0 Å². The highest BCUT2D eigenvalue weighted by Crippen LogP contribution is 2.28. The Kier molecular flexibility index (Phi) is 4.35. The van der Waals surface area contributed by atoms with E-state index in [0.29, 0.717) is 13.1 Å². The molecule has 2 N–H and O–H groups in total. The lowest BCUT2D eigenvalue weighted by molar-refractivity contribution is 0.208. The number of imidazole rings is 1. The van der Waals surface area contributed by atoms with Gasteiger partial charge in [0.15, 0.2) is 0 Å². The number of rotatable bonds is 3. The fourth-order valence-electron chi connectivity index (χ4n) is 3.26. The molecule has 2 heterocycles. The SMILES string of the molecule is COc1ccccc1N1CCN(C(=O)Nc2ccc3nc[nH]c3c2)CC1. The third-order valence-corrected chi connectivity index (χ3v) is 4.66. The van der Waals surface area contributed by atoms with Crippen LogP contribution in [0.25, 0.3) is 11.0 Å². The number of fused-ring (bicyclic) bond motifs is 1. The summed E-state index contributed by atoms with van der Waals surface area (Å²) in [6.45, 7) is 2.87. The molecule has 0 aliphatic carbocycles. The number of methoxy groups -OCH3 is 1. The summed E-state index contributed by atoms with van der Waals surface area (Å²) >= 11 is 0. The molecule has 4 rings (SSSR count). The summed E-state index contributed by atoms with van der Waals surface area (Å²) in [4.78, 5) is 23.9. The smallest absolute Gasteiger partial charge is 0.321 e. The van der Waals surface area contributed by atoms with Gasteiger partial charge in [-0.25, -0.2) is 9.78 Å². The highest BCUT2D eigenvalue weighted by molar-refractivity contribution is 5.92. The molecular weight excluding hydrogens is 330 g/mol. The number of carbonyl (C=O) groups is 1. The molecule has 1 saturated heterocycles. The molecular formula is C19H21N5O2. The summed E-state index contributed by atoms with van der Waals surface area (Å²) < 4.78 is 5.44. The minimum Gasteiger partial charge on any atom is -0.495 e. The number of anilines is 2. The Hall–Kier alpha value is -3.22. The van der Waals surface area contributed by atoms with Crippen LogP contribution >= 0.6 is 0 Å². The maximum Gasteiger partial charge on any atom is 0.321 e. The van der Waals surface area contributed by atoms with Crippen LogP contribution < -0.4 is 15.0 Å². The number of ether oxygens (including phenoxy) is 1. The van der Waals surface area contributed by atoms with Gasteiger partial charge in [0.05, 0.1) is 30.2 Å².